The average Bonchev–Trinajstić information content (AvgIpc) is 3.08. The highest BCUT2D eigenvalue weighted by atomic mass is 16.6. The fraction of sp³-hybridized carbons (Fsp3) is 0.385. The Morgan fingerprint density at radius 1 is 1.00 bits per heavy atom. The summed E-state index contributed by atoms with van der Waals surface area (Å²) in [6.07, 6.45) is 0.705. The fourth-order valence-electron chi connectivity index (χ4n) is 4.32. The van der Waals surface area contributed by atoms with Gasteiger partial charge in [-0.05, 0) is 63.0 Å². The zero-order valence-corrected chi connectivity index (χ0v) is 20.1. The molecule has 8 nitrogen and oxygen atoms in total. The number of carbonyl (C=O) groups excluding carboxylic acids is 2. The van der Waals surface area contributed by atoms with Gasteiger partial charge < -0.3 is 29.3 Å². The highest BCUT2D eigenvalue weighted by Gasteiger charge is 2.45. The molecule has 1 fully saturated rings. The van der Waals surface area contributed by atoms with Gasteiger partial charge in [-0.2, -0.15) is 0 Å². The number of hydrogen-bond donors (Lipinski definition) is 1. The second-order valence-electron chi connectivity index (χ2n) is 8.99. The number of anilines is 1. The summed E-state index contributed by atoms with van der Waals surface area (Å²) < 4.78 is 11.2. The molecule has 0 saturated carbocycles. The maximum absolute atomic E-state index is 13.2. The largest absolute Gasteiger partial charge is 0.507 e. The van der Waals surface area contributed by atoms with Gasteiger partial charge >= 0.3 is 0 Å². The monoisotopic (exact) mass is 465 g/mol. The van der Waals surface area contributed by atoms with Crippen LogP contribution in [-0.4, -0.2) is 81.1 Å². The Morgan fingerprint density at radius 2 is 1.68 bits per heavy atom. The van der Waals surface area contributed by atoms with E-state index in [1.807, 2.05) is 62.3 Å². The Morgan fingerprint density at radius 3 is 2.32 bits per heavy atom. The molecule has 0 unspecified atom stereocenters. The molecule has 2 aromatic rings. The number of ketones is 1. The van der Waals surface area contributed by atoms with E-state index in [1.54, 1.807) is 23.1 Å². The molecule has 1 N–H and O–H groups in total. The van der Waals surface area contributed by atoms with Crippen LogP contribution in [-0.2, 0) is 9.59 Å². The van der Waals surface area contributed by atoms with E-state index >= 15 is 0 Å². The van der Waals surface area contributed by atoms with Crippen molar-refractivity contribution in [2.45, 2.75) is 12.5 Å². The number of amides is 1. The summed E-state index contributed by atoms with van der Waals surface area (Å²) in [4.78, 5) is 31.9. The van der Waals surface area contributed by atoms with Crippen LogP contribution in [0.5, 0.6) is 11.5 Å². The van der Waals surface area contributed by atoms with Crippen LogP contribution in [0.25, 0.3) is 5.76 Å². The van der Waals surface area contributed by atoms with Crippen molar-refractivity contribution >= 4 is 23.1 Å². The standard InChI is InChI=1S/C26H31N3O5/c1-27(2)12-5-13-29-23(17-6-9-19(10-7-17)28(3)4)22(25(31)26(29)32)24(30)18-8-11-20-21(16-18)34-15-14-33-20/h6-11,16,23,30H,5,12-15H2,1-4H3/b24-22+/t23-/m0/s1. The number of ether oxygens (including phenoxy) is 2. The number of aliphatic hydroxyl groups excluding tert-OH is 1. The first-order chi connectivity index (χ1) is 16.3. The number of benzene rings is 2. The maximum atomic E-state index is 13.2. The number of Topliss-reactive ketones (excluding diaryl/α,β-unsaturated/α-hetero) is 1. The summed E-state index contributed by atoms with van der Waals surface area (Å²) in [5.41, 5.74) is 2.27. The molecule has 8 heteroatoms. The lowest BCUT2D eigenvalue weighted by atomic mass is 9.95. The lowest BCUT2D eigenvalue weighted by Gasteiger charge is -2.26. The van der Waals surface area contributed by atoms with Gasteiger partial charge in [0, 0.05) is 31.9 Å². The number of nitrogens with zero attached hydrogens (tertiary/aromatic N) is 3. The minimum Gasteiger partial charge on any atom is -0.507 e. The first-order valence-electron chi connectivity index (χ1n) is 11.4. The molecule has 0 spiro atoms. The van der Waals surface area contributed by atoms with Gasteiger partial charge in [-0.3, -0.25) is 9.59 Å². The van der Waals surface area contributed by atoms with Gasteiger partial charge in [0.1, 0.15) is 19.0 Å². The Kier molecular flexibility index (Phi) is 6.79. The third kappa shape index (κ3) is 4.59. The SMILES string of the molecule is CN(C)CCCN1C(=O)C(=O)/C(=C(/O)c2ccc3c(c2)OCCO3)[C@@H]1c1ccc(N(C)C)cc1. The minimum atomic E-state index is -0.682. The second-order valence-corrected chi connectivity index (χ2v) is 8.99. The molecule has 0 aromatic heterocycles. The lowest BCUT2D eigenvalue weighted by molar-refractivity contribution is -0.139. The van der Waals surface area contributed by atoms with Gasteiger partial charge in [-0.15, -0.1) is 0 Å². The van der Waals surface area contributed by atoms with E-state index in [0.29, 0.717) is 43.2 Å². The molecule has 1 amide bonds. The molecule has 2 heterocycles. The zero-order chi connectivity index (χ0) is 24.4. The Hall–Kier alpha value is -3.52. The highest BCUT2D eigenvalue weighted by molar-refractivity contribution is 6.46. The molecule has 0 bridgehead atoms. The van der Waals surface area contributed by atoms with Crippen LogP contribution in [0.2, 0.25) is 0 Å². The van der Waals surface area contributed by atoms with Crippen molar-refractivity contribution in [3.05, 3.63) is 59.2 Å². The molecule has 180 valence electrons. The van der Waals surface area contributed by atoms with Crippen LogP contribution in [0.15, 0.2) is 48.0 Å². The normalized spacial score (nSPS) is 19.1. The molecule has 1 atom stereocenters. The zero-order valence-electron chi connectivity index (χ0n) is 20.1. The van der Waals surface area contributed by atoms with Gasteiger partial charge in [0.05, 0.1) is 11.6 Å². The van der Waals surface area contributed by atoms with Gasteiger partial charge in [-0.1, -0.05) is 12.1 Å². The van der Waals surface area contributed by atoms with Gasteiger partial charge in [0.25, 0.3) is 11.7 Å². The van der Waals surface area contributed by atoms with E-state index in [-0.39, 0.29) is 11.3 Å². The van der Waals surface area contributed by atoms with Crippen molar-refractivity contribution in [3.8, 4) is 11.5 Å². The summed E-state index contributed by atoms with van der Waals surface area (Å²) in [5.74, 6) is -0.407. The summed E-state index contributed by atoms with van der Waals surface area (Å²) in [6, 6.07) is 12.1. The maximum Gasteiger partial charge on any atom is 0.295 e. The van der Waals surface area contributed by atoms with Crippen LogP contribution in [0, 0.1) is 0 Å². The van der Waals surface area contributed by atoms with Crippen LogP contribution in [0.4, 0.5) is 5.69 Å². The topological polar surface area (TPSA) is 82.6 Å². The van der Waals surface area contributed by atoms with Crippen molar-refractivity contribution in [1.82, 2.24) is 9.80 Å². The van der Waals surface area contributed by atoms with Crippen molar-refractivity contribution in [2.24, 2.45) is 0 Å². The van der Waals surface area contributed by atoms with E-state index in [2.05, 4.69) is 0 Å². The molecule has 2 aliphatic heterocycles. The highest BCUT2D eigenvalue weighted by Crippen LogP contribution is 2.41. The second kappa shape index (κ2) is 9.77. The number of hydrogen-bond acceptors (Lipinski definition) is 7. The van der Waals surface area contributed by atoms with Crippen LogP contribution in [0.1, 0.15) is 23.6 Å². The molecule has 0 radical (unpaired) electrons. The molecular formula is C26H31N3O5. The summed E-state index contributed by atoms with van der Waals surface area (Å²) in [6.45, 7) is 2.04. The number of fused-ring (bicyclic) bond motifs is 1. The first-order valence-corrected chi connectivity index (χ1v) is 11.4. The summed E-state index contributed by atoms with van der Waals surface area (Å²) >= 11 is 0. The third-order valence-electron chi connectivity index (χ3n) is 6.09. The molecule has 4 rings (SSSR count). The summed E-state index contributed by atoms with van der Waals surface area (Å²) in [5, 5.41) is 11.3. The number of rotatable bonds is 7. The quantitative estimate of drug-likeness (QED) is 0.383. The van der Waals surface area contributed by atoms with Gasteiger partial charge in [-0.25, -0.2) is 0 Å². The fourth-order valence-corrected chi connectivity index (χ4v) is 4.32. The Balaban J connectivity index is 1.78. The van der Waals surface area contributed by atoms with Crippen LogP contribution in [0.3, 0.4) is 0 Å². The third-order valence-corrected chi connectivity index (χ3v) is 6.09. The number of carbonyl (C=O) groups is 2. The molecular weight excluding hydrogens is 434 g/mol. The van der Waals surface area contributed by atoms with E-state index in [1.165, 1.54) is 0 Å². The molecule has 34 heavy (non-hydrogen) atoms. The summed E-state index contributed by atoms with van der Waals surface area (Å²) in [7, 11) is 7.83. The van der Waals surface area contributed by atoms with Crippen molar-refractivity contribution in [1.29, 1.82) is 0 Å². The predicted octanol–water partition coefficient (Wildman–Crippen LogP) is 2.90. The lowest BCUT2D eigenvalue weighted by Crippen LogP contribution is -2.32. The molecule has 1 saturated heterocycles. The smallest absolute Gasteiger partial charge is 0.295 e. The van der Waals surface area contributed by atoms with Crippen LogP contribution < -0.4 is 14.4 Å². The van der Waals surface area contributed by atoms with Gasteiger partial charge in [0.15, 0.2) is 11.5 Å². The Labute approximate surface area is 200 Å². The predicted molar refractivity (Wildman–Crippen MR) is 130 cm³/mol. The van der Waals surface area contributed by atoms with Crippen molar-refractivity contribution < 1.29 is 24.2 Å². The molecule has 0 aliphatic carbocycles. The van der Waals surface area contributed by atoms with E-state index in [9.17, 15) is 14.7 Å². The van der Waals surface area contributed by atoms with Crippen molar-refractivity contribution in [2.75, 3.05) is 59.4 Å². The molecule has 2 aliphatic rings. The van der Waals surface area contributed by atoms with Crippen molar-refractivity contribution in [3.63, 3.8) is 0 Å². The van der Waals surface area contributed by atoms with E-state index < -0.39 is 17.7 Å². The minimum absolute atomic E-state index is 0.0872. The average molecular weight is 466 g/mol. The Bertz CT molecular complexity index is 1110. The van der Waals surface area contributed by atoms with Gasteiger partial charge in [0.2, 0.25) is 0 Å². The van der Waals surface area contributed by atoms with E-state index in [0.717, 1.165) is 17.8 Å². The van der Waals surface area contributed by atoms with Crippen LogP contribution >= 0.6 is 0 Å². The number of likely N-dealkylation sites (tertiary alicyclic amines) is 1. The molecule has 2 aromatic carbocycles. The number of aliphatic hydroxyl groups is 1. The van der Waals surface area contributed by atoms with E-state index in [4.69, 9.17) is 9.47 Å². The first kappa shape index (κ1) is 23.6.